The van der Waals surface area contributed by atoms with Crippen molar-refractivity contribution in [3.63, 3.8) is 0 Å². The lowest BCUT2D eigenvalue weighted by molar-refractivity contribution is 0.154. The Morgan fingerprint density at radius 3 is 2.62 bits per heavy atom. The molecule has 16 heavy (non-hydrogen) atoms. The van der Waals surface area contributed by atoms with Crippen LogP contribution in [0.25, 0.3) is 0 Å². The zero-order valence-corrected chi connectivity index (χ0v) is 10.4. The first-order valence-corrected chi connectivity index (χ1v) is 6.47. The predicted molar refractivity (Wildman–Crippen MR) is 65.3 cm³/mol. The van der Waals surface area contributed by atoms with Crippen LogP contribution in [0.4, 0.5) is 0 Å². The molecule has 94 valence electrons. The van der Waals surface area contributed by atoms with E-state index < -0.39 is 5.54 Å². The quantitative estimate of drug-likeness (QED) is 0.702. The molecule has 0 amide bonds. The van der Waals surface area contributed by atoms with E-state index in [9.17, 15) is 0 Å². The number of hydrogen-bond donors (Lipinski definition) is 2. The lowest BCUT2D eigenvalue weighted by Gasteiger charge is -2.29. The van der Waals surface area contributed by atoms with E-state index in [1.54, 1.807) is 0 Å². The molecule has 2 aliphatic rings. The van der Waals surface area contributed by atoms with Crippen LogP contribution in [0.3, 0.4) is 0 Å². The normalized spacial score (nSPS) is 32.1. The van der Waals surface area contributed by atoms with Crippen molar-refractivity contribution in [2.24, 2.45) is 5.73 Å². The molecule has 2 fully saturated rings. The SMILES string of the molecule is CC(N)(CO)CN1CCC(N2CCCC2)C1. The molecule has 2 rings (SSSR count). The molecule has 3 N–H and O–H groups in total. The Hall–Kier alpha value is -0.160. The average molecular weight is 227 g/mol. The van der Waals surface area contributed by atoms with Gasteiger partial charge in [0.1, 0.15) is 0 Å². The van der Waals surface area contributed by atoms with Gasteiger partial charge in [-0.3, -0.25) is 9.80 Å². The van der Waals surface area contributed by atoms with Crippen molar-refractivity contribution in [2.75, 3.05) is 39.3 Å². The fourth-order valence-electron chi connectivity index (χ4n) is 2.92. The molecule has 2 heterocycles. The maximum Gasteiger partial charge on any atom is 0.0621 e. The molecule has 0 aromatic rings. The number of rotatable bonds is 4. The second-order valence-corrected chi connectivity index (χ2v) is 5.73. The summed E-state index contributed by atoms with van der Waals surface area (Å²) >= 11 is 0. The van der Waals surface area contributed by atoms with Gasteiger partial charge in [0.05, 0.1) is 6.61 Å². The van der Waals surface area contributed by atoms with Gasteiger partial charge in [0.25, 0.3) is 0 Å². The highest BCUT2D eigenvalue weighted by atomic mass is 16.3. The minimum Gasteiger partial charge on any atom is -0.394 e. The van der Waals surface area contributed by atoms with E-state index in [4.69, 9.17) is 10.8 Å². The largest absolute Gasteiger partial charge is 0.394 e. The molecule has 0 bridgehead atoms. The van der Waals surface area contributed by atoms with Crippen LogP contribution in [0.1, 0.15) is 26.2 Å². The van der Waals surface area contributed by atoms with Gasteiger partial charge in [-0.05, 0) is 45.8 Å². The van der Waals surface area contributed by atoms with Crippen molar-refractivity contribution in [1.82, 2.24) is 9.80 Å². The van der Waals surface area contributed by atoms with E-state index in [1.807, 2.05) is 6.92 Å². The molecular formula is C12H25N3O. The molecule has 4 nitrogen and oxygen atoms in total. The van der Waals surface area contributed by atoms with E-state index in [2.05, 4.69) is 9.80 Å². The second-order valence-electron chi connectivity index (χ2n) is 5.73. The Labute approximate surface area is 98.4 Å². The van der Waals surface area contributed by atoms with Crippen LogP contribution in [0.2, 0.25) is 0 Å². The molecule has 0 aliphatic carbocycles. The van der Waals surface area contributed by atoms with Crippen molar-refractivity contribution < 1.29 is 5.11 Å². The zero-order chi connectivity index (χ0) is 11.6. The maximum atomic E-state index is 9.17. The number of likely N-dealkylation sites (tertiary alicyclic amines) is 2. The number of nitrogens with zero attached hydrogens (tertiary/aromatic N) is 2. The first-order valence-electron chi connectivity index (χ1n) is 6.47. The van der Waals surface area contributed by atoms with Crippen LogP contribution >= 0.6 is 0 Å². The van der Waals surface area contributed by atoms with Gasteiger partial charge in [-0.25, -0.2) is 0 Å². The number of aliphatic hydroxyl groups is 1. The van der Waals surface area contributed by atoms with E-state index in [1.165, 1.54) is 32.4 Å². The Balaban J connectivity index is 1.79. The van der Waals surface area contributed by atoms with Crippen LogP contribution in [0.5, 0.6) is 0 Å². The first-order chi connectivity index (χ1) is 7.61. The van der Waals surface area contributed by atoms with E-state index in [0.717, 1.165) is 25.7 Å². The number of nitrogens with two attached hydrogens (primary N) is 1. The van der Waals surface area contributed by atoms with Crippen molar-refractivity contribution in [3.05, 3.63) is 0 Å². The molecule has 0 spiro atoms. The smallest absolute Gasteiger partial charge is 0.0621 e. The summed E-state index contributed by atoms with van der Waals surface area (Å²) in [6.07, 6.45) is 3.99. The average Bonchev–Trinajstić information content (AvgIpc) is 2.86. The van der Waals surface area contributed by atoms with Crippen LogP contribution in [-0.4, -0.2) is 65.8 Å². The molecule has 2 aliphatic heterocycles. The molecule has 2 saturated heterocycles. The Morgan fingerprint density at radius 2 is 2.00 bits per heavy atom. The summed E-state index contributed by atoms with van der Waals surface area (Å²) in [4.78, 5) is 5.02. The third-order valence-corrected chi connectivity index (χ3v) is 3.85. The zero-order valence-electron chi connectivity index (χ0n) is 10.4. The topological polar surface area (TPSA) is 52.7 Å². The summed E-state index contributed by atoms with van der Waals surface area (Å²) in [5.74, 6) is 0. The molecule has 2 atom stereocenters. The molecule has 0 aromatic carbocycles. The monoisotopic (exact) mass is 227 g/mol. The lowest BCUT2D eigenvalue weighted by atomic mass is 10.1. The molecule has 0 aromatic heterocycles. The van der Waals surface area contributed by atoms with Crippen LogP contribution < -0.4 is 5.73 Å². The predicted octanol–water partition coefficient (Wildman–Crippen LogP) is -0.134. The van der Waals surface area contributed by atoms with Crippen LogP contribution in [0.15, 0.2) is 0 Å². The fourth-order valence-corrected chi connectivity index (χ4v) is 2.92. The first kappa shape index (κ1) is 12.3. The molecular weight excluding hydrogens is 202 g/mol. The van der Waals surface area contributed by atoms with Gasteiger partial charge in [-0.1, -0.05) is 0 Å². The van der Waals surface area contributed by atoms with Crippen LogP contribution in [0, 0.1) is 0 Å². The lowest BCUT2D eigenvalue weighted by Crippen LogP contribution is -2.50. The summed E-state index contributed by atoms with van der Waals surface area (Å²) in [7, 11) is 0. The molecule has 0 radical (unpaired) electrons. The molecule has 2 unspecified atom stereocenters. The Bertz CT molecular complexity index is 226. The minimum absolute atomic E-state index is 0.0673. The van der Waals surface area contributed by atoms with Gasteiger partial charge in [0, 0.05) is 24.7 Å². The van der Waals surface area contributed by atoms with E-state index in [0.29, 0.717) is 0 Å². The highest BCUT2D eigenvalue weighted by Gasteiger charge is 2.31. The highest BCUT2D eigenvalue weighted by Crippen LogP contribution is 2.21. The number of aliphatic hydroxyl groups excluding tert-OH is 1. The Morgan fingerprint density at radius 1 is 1.31 bits per heavy atom. The van der Waals surface area contributed by atoms with Crippen molar-refractivity contribution in [3.8, 4) is 0 Å². The van der Waals surface area contributed by atoms with Gasteiger partial charge in [0.15, 0.2) is 0 Å². The van der Waals surface area contributed by atoms with Gasteiger partial charge < -0.3 is 10.8 Å². The summed E-state index contributed by atoms with van der Waals surface area (Å²) in [6, 6.07) is 0.733. The van der Waals surface area contributed by atoms with Gasteiger partial charge in [0.2, 0.25) is 0 Å². The third kappa shape index (κ3) is 2.94. The minimum atomic E-state index is -0.445. The van der Waals surface area contributed by atoms with Gasteiger partial charge in [-0.2, -0.15) is 0 Å². The van der Waals surface area contributed by atoms with Crippen molar-refractivity contribution in [2.45, 2.75) is 37.8 Å². The number of hydrogen-bond acceptors (Lipinski definition) is 4. The van der Waals surface area contributed by atoms with E-state index >= 15 is 0 Å². The molecule has 0 saturated carbocycles. The fraction of sp³-hybridized carbons (Fsp3) is 1.00. The summed E-state index contributed by atoms with van der Waals surface area (Å²) in [5.41, 5.74) is 5.54. The molecule has 4 heteroatoms. The standard InChI is InChI=1S/C12H25N3O/c1-12(13,10-16)9-14-7-4-11(8-14)15-5-2-3-6-15/h11,16H,2-10,13H2,1H3. The summed E-state index contributed by atoms with van der Waals surface area (Å²) < 4.78 is 0. The van der Waals surface area contributed by atoms with E-state index in [-0.39, 0.29) is 6.61 Å². The van der Waals surface area contributed by atoms with Crippen LogP contribution in [-0.2, 0) is 0 Å². The second kappa shape index (κ2) is 5.00. The highest BCUT2D eigenvalue weighted by molar-refractivity contribution is 4.90. The maximum absolute atomic E-state index is 9.17. The summed E-state index contributed by atoms with van der Waals surface area (Å²) in [5, 5.41) is 9.17. The van der Waals surface area contributed by atoms with Crippen molar-refractivity contribution >= 4 is 0 Å². The van der Waals surface area contributed by atoms with Gasteiger partial charge in [-0.15, -0.1) is 0 Å². The van der Waals surface area contributed by atoms with Crippen molar-refractivity contribution in [1.29, 1.82) is 0 Å². The Kier molecular flexibility index (Phi) is 3.85. The van der Waals surface area contributed by atoms with Gasteiger partial charge >= 0.3 is 0 Å². The third-order valence-electron chi connectivity index (χ3n) is 3.85. The summed E-state index contributed by atoms with van der Waals surface area (Å²) in [6.45, 7) is 7.62.